The summed E-state index contributed by atoms with van der Waals surface area (Å²) in [6, 6.07) is 3.29. The molecule has 2 heterocycles. The molecule has 0 aliphatic carbocycles. The van der Waals surface area contributed by atoms with Crippen LogP contribution in [0.3, 0.4) is 0 Å². The van der Waals surface area contributed by atoms with Crippen LogP contribution in [-0.4, -0.2) is 55.8 Å². The van der Waals surface area contributed by atoms with E-state index in [4.69, 9.17) is 5.73 Å². The number of nitrogens with two attached hydrogens (primary N) is 1. The van der Waals surface area contributed by atoms with Crippen LogP contribution < -0.4 is 5.73 Å². The molecule has 1 saturated heterocycles. The average molecular weight is 270 g/mol. The standard InChI is InChI=1S/C11H18N4O2S/c1-14(2)9-5-6-15(8-9)18(16,17)10-3-4-11(12)13-7-10/h3-4,7,9H,5-6,8H2,1-2H3,(H2,12,13). The summed E-state index contributed by atoms with van der Waals surface area (Å²) in [6.07, 6.45) is 2.17. The highest BCUT2D eigenvalue weighted by Gasteiger charge is 2.33. The Hall–Kier alpha value is -1.18. The third kappa shape index (κ3) is 2.47. The molecule has 1 aromatic rings. The molecule has 1 aromatic heterocycles. The van der Waals surface area contributed by atoms with Gasteiger partial charge in [0.15, 0.2) is 0 Å². The van der Waals surface area contributed by atoms with Gasteiger partial charge in [-0.3, -0.25) is 0 Å². The van der Waals surface area contributed by atoms with E-state index in [2.05, 4.69) is 9.88 Å². The van der Waals surface area contributed by atoms with Crippen molar-refractivity contribution >= 4 is 15.8 Å². The molecule has 1 aliphatic heterocycles. The molecular formula is C11H18N4O2S. The Labute approximate surface area is 107 Å². The van der Waals surface area contributed by atoms with Crippen molar-refractivity contribution in [3.05, 3.63) is 18.3 Å². The summed E-state index contributed by atoms with van der Waals surface area (Å²) in [5.41, 5.74) is 5.46. The third-order valence-electron chi connectivity index (χ3n) is 3.25. The van der Waals surface area contributed by atoms with Crippen LogP contribution in [0.15, 0.2) is 23.2 Å². The van der Waals surface area contributed by atoms with E-state index < -0.39 is 10.0 Å². The maximum absolute atomic E-state index is 12.3. The SMILES string of the molecule is CN(C)C1CCN(S(=O)(=O)c2ccc(N)nc2)C1. The van der Waals surface area contributed by atoms with Gasteiger partial charge in [0.05, 0.1) is 0 Å². The van der Waals surface area contributed by atoms with E-state index in [-0.39, 0.29) is 10.9 Å². The monoisotopic (exact) mass is 270 g/mol. The largest absolute Gasteiger partial charge is 0.384 e. The van der Waals surface area contributed by atoms with Gasteiger partial charge in [-0.25, -0.2) is 13.4 Å². The number of pyridine rings is 1. The smallest absolute Gasteiger partial charge is 0.244 e. The summed E-state index contributed by atoms with van der Waals surface area (Å²) in [6.45, 7) is 1.08. The van der Waals surface area contributed by atoms with Crippen LogP contribution >= 0.6 is 0 Å². The molecule has 0 bridgehead atoms. The van der Waals surface area contributed by atoms with Gasteiger partial charge >= 0.3 is 0 Å². The first-order valence-electron chi connectivity index (χ1n) is 5.79. The number of aromatic nitrogens is 1. The van der Waals surface area contributed by atoms with Crippen LogP contribution in [0, 0.1) is 0 Å². The van der Waals surface area contributed by atoms with E-state index in [1.165, 1.54) is 22.6 Å². The Morgan fingerprint density at radius 1 is 1.44 bits per heavy atom. The fraction of sp³-hybridized carbons (Fsp3) is 0.545. The zero-order valence-corrected chi connectivity index (χ0v) is 11.4. The van der Waals surface area contributed by atoms with Crippen LogP contribution in [0.25, 0.3) is 0 Å². The fourth-order valence-corrected chi connectivity index (χ4v) is 3.48. The summed E-state index contributed by atoms with van der Waals surface area (Å²) in [7, 11) is 0.494. The highest BCUT2D eigenvalue weighted by molar-refractivity contribution is 7.89. The molecule has 2 rings (SSSR count). The molecule has 18 heavy (non-hydrogen) atoms. The number of rotatable bonds is 3. The van der Waals surface area contributed by atoms with Gasteiger partial charge in [-0.2, -0.15) is 4.31 Å². The molecular weight excluding hydrogens is 252 g/mol. The first-order valence-corrected chi connectivity index (χ1v) is 7.23. The molecule has 1 unspecified atom stereocenters. The second kappa shape index (κ2) is 4.83. The van der Waals surface area contributed by atoms with Crippen molar-refractivity contribution in [3.8, 4) is 0 Å². The van der Waals surface area contributed by atoms with E-state index in [9.17, 15) is 8.42 Å². The number of nitrogens with zero attached hydrogens (tertiary/aromatic N) is 3. The second-order valence-electron chi connectivity index (χ2n) is 4.69. The number of likely N-dealkylation sites (N-methyl/N-ethyl adjacent to an activating group) is 1. The Morgan fingerprint density at radius 3 is 2.67 bits per heavy atom. The minimum absolute atomic E-state index is 0.205. The van der Waals surface area contributed by atoms with E-state index in [0.717, 1.165) is 6.42 Å². The van der Waals surface area contributed by atoms with Crippen LogP contribution in [0.2, 0.25) is 0 Å². The number of hydrogen-bond donors (Lipinski definition) is 1. The minimum Gasteiger partial charge on any atom is -0.384 e. The highest BCUT2D eigenvalue weighted by atomic mass is 32.2. The van der Waals surface area contributed by atoms with Crippen LogP contribution in [0.5, 0.6) is 0 Å². The molecule has 1 atom stereocenters. The lowest BCUT2D eigenvalue weighted by atomic mass is 10.2. The Bertz CT molecular complexity index is 512. The maximum atomic E-state index is 12.3. The normalized spacial score (nSPS) is 21.6. The number of sulfonamides is 1. The summed E-state index contributed by atoms with van der Waals surface area (Å²) in [5, 5.41) is 0. The Balaban J connectivity index is 2.20. The van der Waals surface area contributed by atoms with Crippen LogP contribution in [0.1, 0.15) is 6.42 Å². The van der Waals surface area contributed by atoms with Crippen molar-refractivity contribution in [2.24, 2.45) is 0 Å². The molecule has 100 valence electrons. The van der Waals surface area contributed by atoms with Gasteiger partial charge in [-0.05, 0) is 32.6 Å². The lowest BCUT2D eigenvalue weighted by molar-refractivity contribution is 0.302. The van der Waals surface area contributed by atoms with E-state index in [0.29, 0.717) is 18.9 Å². The topological polar surface area (TPSA) is 79.5 Å². The fourth-order valence-electron chi connectivity index (χ4n) is 2.04. The first-order chi connectivity index (χ1) is 8.41. The lowest BCUT2D eigenvalue weighted by Crippen LogP contribution is -2.34. The number of hydrogen-bond acceptors (Lipinski definition) is 5. The number of anilines is 1. The van der Waals surface area contributed by atoms with E-state index in [1.807, 2.05) is 14.1 Å². The van der Waals surface area contributed by atoms with E-state index in [1.54, 1.807) is 0 Å². The molecule has 6 nitrogen and oxygen atoms in total. The molecule has 7 heteroatoms. The van der Waals surface area contributed by atoms with Crippen molar-refractivity contribution in [2.45, 2.75) is 17.4 Å². The zero-order chi connectivity index (χ0) is 13.3. The second-order valence-corrected chi connectivity index (χ2v) is 6.63. The molecule has 2 N–H and O–H groups in total. The minimum atomic E-state index is -3.43. The van der Waals surface area contributed by atoms with Gasteiger partial charge in [-0.15, -0.1) is 0 Å². The molecule has 0 spiro atoms. The third-order valence-corrected chi connectivity index (χ3v) is 5.10. The van der Waals surface area contributed by atoms with Gasteiger partial charge in [0.25, 0.3) is 0 Å². The van der Waals surface area contributed by atoms with Gasteiger partial charge in [-0.1, -0.05) is 0 Å². The first kappa shape index (κ1) is 13.3. The molecule has 0 radical (unpaired) electrons. The molecule has 0 amide bonds. The predicted octanol–water partition coefficient (Wildman–Crippen LogP) is -0.0116. The van der Waals surface area contributed by atoms with Crippen molar-refractivity contribution < 1.29 is 8.42 Å². The quantitative estimate of drug-likeness (QED) is 0.835. The summed E-state index contributed by atoms with van der Waals surface area (Å²) < 4.78 is 26.2. The zero-order valence-electron chi connectivity index (χ0n) is 10.6. The lowest BCUT2D eigenvalue weighted by Gasteiger charge is -2.20. The molecule has 0 saturated carbocycles. The molecule has 0 aromatic carbocycles. The van der Waals surface area contributed by atoms with Gasteiger partial charge in [0.2, 0.25) is 10.0 Å². The number of nitrogen functional groups attached to an aromatic ring is 1. The predicted molar refractivity (Wildman–Crippen MR) is 69.5 cm³/mol. The molecule has 1 fully saturated rings. The van der Waals surface area contributed by atoms with Crippen LogP contribution in [0.4, 0.5) is 5.82 Å². The van der Waals surface area contributed by atoms with E-state index >= 15 is 0 Å². The summed E-state index contributed by atoms with van der Waals surface area (Å²) >= 11 is 0. The van der Waals surface area contributed by atoms with Crippen molar-refractivity contribution in [1.29, 1.82) is 0 Å². The highest BCUT2D eigenvalue weighted by Crippen LogP contribution is 2.22. The Morgan fingerprint density at radius 2 is 2.17 bits per heavy atom. The Kier molecular flexibility index (Phi) is 3.56. The van der Waals surface area contributed by atoms with Crippen LogP contribution in [-0.2, 0) is 10.0 Å². The average Bonchev–Trinajstić information content (AvgIpc) is 2.79. The maximum Gasteiger partial charge on any atom is 0.244 e. The van der Waals surface area contributed by atoms with Gasteiger partial charge in [0, 0.05) is 25.3 Å². The summed E-state index contributed by atoms with van der Waals surface area (Å²) in [4.78, 5) is 6.09. The summed E-state index contributed by atoms with van der Waals surface area (Å²) in [5.74, 6) is 0.321. The molecule has 1 aliphatic rings. The van der Waals surface area contributed by atoms with Crippen molar-refractivity contribution in [3.63, 3.8) is 0 Å². The van der Waals surface area contributed by atoms with Crippen molar-refractivity contribution in [1.82, 2.24) is 14.2 Å². The van der Waals surface area contributed by atoms with Crippen molar-refractivity contribution in [2.75, 3.05) is 32.9 Å². The van der Waals surface area contributed by atoms with Gasteiger partial charge in [0.1, 0.15) is 10.7 Å². The van der Waals surface area contributed by atoms with Gasteiger partial charge < -0.3 is 10.6 Å².